The molecular formula is C13H16N4O4. The maximum Gasteiger partial charge on any atom is 0.235 e. The molecule has 0 aromatic heterocycles. The largest absolute Gasteiger partial charge is 0.235 e. The highest BCUT2D eigenvalue weighted by Crippen LogP contribution is 2.15. The Balaban J connectivity index is 4.42. The molecule has 0 heterocycles. The molecule has 2 unspecified atom stereocenters. The van der Waals surface area contributed by atoms with Gasteiger partial charge in [-0.3, -0.25) is 0 Å². The average Bonchev–Trinajstić information content (AvgIpc) is 2.48. The van der Waals surface area contributed by atoms with E-state index in [0.29, 0.717) is 45.2 Å². The number of rotatable bonds is 12. The van der Waals surface area contributed by atoms with E-state index in [9.17, 15) is 19.2 Å². The van der Waals surface area contributed by atoms with Crippen molar-refractivity contribution in [2.24, 2.45) is 20.0 Å². The van der Waals surface area contributed by atoms with Crippen LogP contribution in [-0.2, 0) is 19.2 Å². The lowest BCUT2D eigenvalue weighted by atomic mass is 10.00. The number of aliphatic imine (C=N–C) groups is 4. The van der Waals surface area contributed by atoms with Gasteiger partial charge >= 0.3 is 0 Å². The molecule has 112 valence electrons. The van der Waals surface area contributed by atoms with Crippen molar-refractivity contribution < 1.29 is 19.2 Å². The van der Waals surface area contributed by atoms with Crippen LogP contribution in [0.4, 0.5) is 0 Å². The van der Waals surface area contributed by atoms with Gasteiger partial charge in [-0.1, -0.05) is 0 Å². The molecule has 0 saturated carbocycles. The summed E-state index contributed by atoms with van der Waals surface area (Å²) in [5, 5.41) is 0. The first-order chi connectivity index (χ1) is 10.3. The van der Waals surface area contributed by atoms with Gasteiger partial charge in [0.25, 0.3) is 0 Å². The fraction of sp³-hybridized carbons (Fsp3) is 0.692. The molecule has 2 atom stereocenters. The molecule has 0 aromatic rings. The minimum absolute atomic E-state index is 0.310. The number of hydrogen-bond acceptors (Lipinski definition) is 8. The van der Waals surface area contributed by atoms with E-state index in [1.807, 2.05) is 0 Å². The quantitative estimate of drug-likeness (QED) is 0.303. The normalized spacial score (nSPS) is 11.8. The van der Waals surface area contributed by atoms with E-state index in [1.165, 1.54) is 24.3 Å². The number of hydrogen-bond donors (Lipinski definition) is 0. The Kier molecular flexibility index (Phi) is 12.3. The SMILES string of the molecule is O=C=NCCCC(CC(CCCN=C=O)N=C=O)N=C=O. The Bertz CT molecular complexity index is 438. The molecule has 0 aliphatic carbocycles. The third-order valence-electron chi connectivity index (χ3n) is 2.76. The van der Waals surface area contributed by atoms with Crippen LogP contribution in [0.25, 0.3) is 0 Å². The zero-order valence-corrected chi connectivity index (χ0v) is 11.5. The minimum atomic E-state index is -0.346. The van der Waals surface area contributed by atoms with E-state index < -0.39 is 0 Å². The topological polar surface area (TPSA) is 118 Å². The van der Waals surface area contributed by atoms with Crippen LogP contribution in [0.2, 0.25) is 0 Å². The number of carbonyl (C=O) groups excluding carboxylic acids is 4. The van der Waals surface area contributed by atoms with Crippen LogP contribution in [-0.4, -0.2) is 49.5 Å². The molecule has 0 bridgehead atoms. The fourth-order valence-corrected chi connectivity index (χ4v) is 1.84. The van der Waals surface area contributed by atoms with Crippen molar-refractivity contribution in [1.82, 2.24) is 0 Å². The van der Waals surface area contributed by atoms with Crippen LogP contribution in [0, 0.1) is 0 Å². The molecule has 0 aliphatic heterocycles. The lowest BCUT2D eigenvalue weighted by Crippen LogP contribution is -2.16. The van der Waals surface area contributed by atoms with Crippen LogP contribution < -0.4 is 0 Å². The van der Waals surface area contributed by atoms with Gasteiger partial charge in [0.1, 0.15) is 0 Å². The minimum Gasteiger partial charge on any atom is -0.211 e. The molecule has 0 amide bonds. The molecule has 21 heavy (non-hydrogen) atoms. The third-order valence-corrected chi connectivity index (χ3v) is 2.76. The predicted octanol–water partition coefficient (Wildman–Crippen LogP) is 1.02. The van der Waals surface area contributed by atoms with Gasteiger partial charge in [0.2, 0.25) is 24.3 Å². The van der Waals surface area contributed by atoms with Crippen molar-refractivity contribution in [3.63, 3.8) is 0 Å². The highest BCUT2D eigenvalue weighted by atomic mass is 16.1. The Morgan fingerprint density at radius 1 is 0.667 bits per heavy atom. The van der Waals surface area contributed by atoms with E-state index in [0.717, 1.165) is 0 Å². The highest BCUT2D eigenvalue weighted by molar-refractivity contribution is 5.35. The summed E-state index contributed by atoms with van der Waals surface area (Å²) in [6, 6.07) is -0.693. The molecule has 0 radical (unpaired) electrons. The summed E-state index contributed by atoms with van der Waals surface area (Å²) in [5.74, 6) is 0. The summed E-state index contributed by atoms with van der Waals surface area (Å²) in [4.78, 5) is 54.8. The van der Waals surface area contributed by atoms with Crippen molar-refractivity contribution in [3.8, 4) is 0 Å². The summed E-state index contributed by atoms with van der Waals surface area (Å²) < 4.78 is 0. The van der Waals surface area contributed by atoms with Gasteiger partial charge in [0.05, 0.1) is 25.2 Å². The summed E-state index contributed by atoms with van der Waals surface area (Å²) in [5.41, 5.74) is 0. The molecule has 0 saturated heterocycles. The van der Waals surface area contributed by atoms with E-state index >= 15 is 0 Å². The molecule has 0 rings (SSSR count). The van der Waals surface area contributed by atoms with E-state index in [2.05, 4.69) is 20.0 Å². The molecule has 0 N–H and O–H groups in total. The molecule has 0 spiro atoms. The molecule has 8 heteroatoms. The first kappa shape index (κ1) is 18.5. The van der Waals surface area contributed by atoms with Crippen LogP contribution >= 0.6 is 0 Å². The molecular weight excluding hydrogens is 276 g/mol. The van der Waals surface area contributed by atoms with Gasteiger partial charge in [-0.05, 0) is 32.1 Å². The summed E-state index contributed by atoms with van der Waals surface area (Å²) in [6.45, 7) is 0.619. The average molecular weight is 292 g/mol. The lowest BCUT2D eigenvalue weighted by molar-refractivity contribution is 0.457. The zero-order chi connectivity index (χ0) is 15.8. The molecule has 8 nitrogen and oxygen atoms in total. The van der Waals surface area contributed by atoms with Gasteiger partial charge < -0.3 is 0 Å². The second kappa shape index (κ2) is 13.9. The monoisotopic (exact) mass is 292 g/mol. The highest BCUT2D eigenvalue weighted by Gasteiger charge is 2.15. The maximum absolute atomic E-state index is 10.4. The Morgan fingerprint density at radius 2 is 1.10 bits per heavy atom. The van der Waals surface area contributed by atoms with Crippen molar-refractivity contribution in [2.75, 3.05) is 13.1 Å². The summed E-state index contributed by atoms with van der Waals surface area (Å²) in [7, 11) is 0. The van der Waals surface area contributed by atoms with Crippen molar-refractivity contribution in [1.29, 1.82) is 0 Å². The molecule has 0 fully saturated rings. The standard InChI is InChI=1S/C13H16N4O4/c18-8-14-5-1-3-12(16-10-20)7-13(17-11-21)4-2-6-15-9-19/h12-13H,1-7H2. The summed E-state index contributed by atoms with van der Waals surface area (Å²) >= 11 is 0. The lowest BCUT2D eigenvalue weighted by Gasteiger charge is -2.14. The van der Waals surface area contributed by atoms with Gasteiger partial charge in [-0.15, -0.1) is 0 Å². The van der Waals surface area contributed by atoms with Crippen molar-refractivity contribution in [2.45, 2.75) is 44.2 Å². The van der Waals surface area contributed by atoms with Crippen LogP contribution in [0.1, 0.15) is 32.1 Å². The predicted molar refractivity (Wildman–Crippen MR) is 72.9 cm³/mol. The third kappa shape index (κ3) is 11.1. The maximum atomic E-state index is 10.4. The Labute approximate surface area is 121 Å². The number of isocyanates is 4. The van der Waals surface area contributed by atoms with E-state index in [-0.39, 0.29) is 12.1 Å². The second-order valence-corrected chi connectivity index (χ2v) is 4.21. The second-order valence-electron chi connectivity index (χ2n) is 4.21. The van der Waals surface area contributed by atoms with Gasteiger partial charge in [0, 0.05) is 0 Å². The Hall–Kier alpha value is -2.48. The van der Waals surface area contributed by atoms with E-state index in [4.69, 9.17) is 0 Å². The van der Waals surface area contributed by atoms with Crippen LogP contribution in [0.3, 0.4) is 0 Å². The first-order valence-electron chi connectivity index (χ1n) is 6.49. The Morgan fingerprint density at radius 3 is 1.43 bits per heavy atom. The zero-order valence-electron chi connectivity index (χ0n) is 11.5. The van der Waals surface area contributed by atoms with Gasteiger partial charge in [-0.25, -0.2) is 39.1 Å². The van der Waals surface area contributed by atoms with Gasteiger partial charge in [0.15, 0.2) is 0 Å². The number of nitrogens with zero attached hydrogens (tertiary/aromatic N) is 4. The van der Waals surface area contributed by atoms with E-state index in [1.54, 1.807) is 0 Å². The smallest absolute Gasteiger partial charge is 0.211 e. The first-order valence-corrected chi connectivity index (χ1v) is 6.49. The van der Waals surface area contributed by atoms with Crippen molar-refractivity contribution in [3.05, 3.63) is 0 Å². The van der Waals surface area contributed by atoms with Gasteiger partial charge in [-0.2, -0.15) is 0 Å². The molecule has 0 aromatic carbocycles. The fourth-order valence-electron chi connectivity index (χ4n) is 1.84. The molecule has 0 aliphatic rings. The van der Waals surface area contributed by atoms with Crippen LogP contribution in [0.15, 0.2) is 20.0 Å². The van der Waals surface area contributed by atoms with Crippen LogP contribution in [0.5, 0.6) is 0 Å². The van der Waals surface area contributed by atoms with Crippen molar-refractivity contribution >= 4 is 24.3 Å². The summed E-state index contributed by atoms with van der Waals surface area (Å²) in [6.07, 6.45) is 8.41.